The summed E-state index contributed by atoms with van der Waals surface area (Å²) in [5.74, 6) is -1.07. The van der Waals surface area contributed by atoms with Crippen LogP contribution < -0.4 is 9.47 Å². The molecule has 0 saturated heterocycles. The Kier molecular flexibility index (Phi) is 5.85. The lowest BCUT2D eigenvalue weighted by atomic mass is 10.1. The Labute approximate surface area is 171 Å². The molecule has 0 aliphatic carbocycles. The van der Waals surface area contributed by atoms with Crippen molar-refractivity contribution in [2.24, 2.45) is 7.05 Å². The topological polar surface area (TPSA) is 79.4 Å². The zero-order valence-electron chi connectivity index (χ0n) is 14.4. The molecule has 0 spiro atoms. The van der Waals surface area contributed by atoms with Gasteiger partial charge in [0, 0.05) is 24.7 Å². The van der Waals surface area contributed by atoms with Crippen LogP contribution >= 0.6 is 23.2 Å². The third kappa shape index (κ3) is 4.38. The van der Waals surface area contributed by atoms with Crippen LogP contribution in [0.1, 0.15) is 0 Å². The molecule has 0 saturated carbocycles. The van der Waals surface area contributed by atoms with Crippen molar-refractivity contribution in [1.82, 2.24) is 9.78 Å². The SMILES string of the molecule is Cn1nc(-c2cc(Oc3ccc([N+](=O)[O-])cc3)c(Cl)cc2F)c(Cl)c1OC(F)F. The molecular formula is C17H10Cl2F3N3O4. The molecule has 0 fully saturated rings. The van der Waals surface area contributed by atoms with E-state index in [1.54, 1.807) is 0 Å². The zero-order valence-corrected chi connectivity index (χ0v) is 15.9. The third-order valence-corrected chi connectivity index (χ3v) is 4.33. The standard InChI is InChI=1S/C17H10Cl2F3N3O4/c1-24-16(29-17(21)22)14(19)15(23-24)10-6-13(11(18)7-12(10)20)28-9-4-2-8(3-5-9)25(26)27/h2-7,17H,1H3. The van der Waals surface area contributed by atoms with E-state index in [0.717, 1.165) is 10.7 Å². The summed E-state index contributed by atoms with van der Waals surface area (Å²) in [6.07, 6.45) is 0. The van der Waals surface area contributed by atoms with E-state index in [1.165, 1.54) is 37.4 Å². The van der Waals surface area contributed by atoms with Gasteiger partial charge < -0.3 is 9.47 Å². The molecule has 1 heterocycles. The molecule has 1 aromatic heterocycles. The highest BCUT2D eigenvalue weighted by molar-refractivity contribution is 6.34. The number of rotatable bonds is 6. The lowest BCUT2D eigenvalue weighted by Gasteiger charge is -2.10. The van der Waals surface area contributed by atoms with Crippen LogP contribution in [0.2, 0.25) is 10.0 Å². The molecule has 0 N–H and O–H groups in total. The fourth-order valence-electron chi connectivity index (χ4n) is 2.42. The molecule has 0 radical (unpaired) electrons. The van der Waals surface area contributed by atoms with Crippen molar-refractivity contribution in [3.63, 3.8) is 0 Å². The van der Waals surface area contributed by atoms with Crippen LogP contribution in [0.25, 0.3) is 11.3 Å². The summed E-state index contributed by atoms with van der Waals surface area (Å²) in [6, 6.07) is 7.23. The van der Waals surface area contributed by atoms with Gasteiger partial charge in [0.2, 0.25) is 5.88 Å². The summed E-state index contributed by atoms with van der Waals surface area (Å²) in [4.78, 5) is 10.1. The molecule has 0 atom stereocenters. The lowest BCUT2D eigenvalue weighted by molar-refractivity contribution is -0.384. The van der Waals surface area contributed by atoms with Gasteiger partial charge in [0.05, 0.1) is 9.95 Å². The minimum absolute atomic E-state index is 0.00466. The highest BCUT2D eigenvalue weighted by atomic mass is 35.5. The fourth-order valence-corrected chi connectivity index (χ4v) is 2.91. The minimum Gasteiger partial charge on any atom is -0.456 e. The zero-order chi connectivity index (χ0) is 21.3. The minimum atomic E-state index is -3.15. The van der Waals surface area contributed by atoms with Crippen LogP contribution in [-0.2, 0) is 7.05 Å². The molecule has 152 valence electrons. The number of alkyl halides is 2. The molecular weight excluding hydrogens is 438 g/mol. The molecule has 29 heavy (non-hydrogen) atoms. The van der Waals surface area contributed by atoms with Crippen molar-refractivity contribution in [2.75, 3.05) is 0 Å². The number of nitro groups is 1. The summed E-state index contributed by atoms with van der Waals surface area (Å²) in [5, 5.41) is 14.2. The first-order chi connectivity index (χ1) is 13.7. The number of aromatic nitrogens is 2. The van der Waals surface area contributed by atoms with Gasteiger partial charge in [-0.15, -0.1) is 0 Å². The van der Waals surface area contributed by atoms with Crippen LogP contribution in [-0.4, -0.2) is 21.3 Å². The normalized spacial score (nSPS) is 11.0. The van der Waals surface area contributed by atoms with Gasteiger partial charge in [0.1, 0.15) is 28.0 Å². The van der Waals surface area contributed by atoms with E-state index >= 15 is 0 Å². The number of hydrogen-bond donors (Lipinski definition) is 0. The Morgan fingerprint density at radius 1 is 1.21 bits per heavy atom. The first kappa shape index (κ1) is 20.7. The van der Waals surface area contributed by atoms with Crippen LogP contribution in [0.4, 0.5) is 18.9 Å². The molecule has 0 aliphatic rings. The van der Waals surface area contributed by atoms with Crippen LogP contribution in [0.5, 0.6) is 17.4 Å². The third-order valence-electron chi connectivity index (χ3n) is 3.69. The molecule has 7 nitrogen and oxygen atoms in total. The number of nitrogens with zero attached hydrogens (tertiary/aromatic N) is 3. The maximum atomic E-state index is 14.5. The molecule has 0 unspecified atom stereocenters. The molecule has 0 amide bonds. The number of benzene rings is 2. The average Bonchev–Trinajstić information content (AvgIpc) is 2.92. The summed E-state index contributed by atoms with van der Waals surface area (Å²) < 4.78 is 50.3. The molecule has 0 aliphatic heterocycles. The number of ether oxygens (including phenoxy) is 2. The monoisotopic (exact) mass is 447 g/mol. The molecule has 12 heteroatoms. The van der Waals surface area contributed by atoms with Gasteiger partial charge in [-0.1, -0.05) is 23.2 Å². The second kappa shape index (κ2) is 8.18. The van der Waals surface area contributed by atoms with Crippen LogP contribution in [0.3, 0.4) is 0 Å². The Bertz CT molecular complexity index is 1070. The van der Waals surface area contributed by atoms with E-state index in [4.69, 9.17) is 27.9 Å². The maximum absolute atomic E-state index is 14.5. The number of nitro benzene ring substituents is 1. The van der Waals surface area contributed by atoms with E-state index in [0.29, 0.717) is 0 Å². The fraction of sp³-hybridized carbons (Fsp3) is 0.118. The van der Waals surface area contributed by atoms with Gasteiger partial charge in [-0.05, 0) is 24.3 Å². The highest BCUT2D eigenvalue weighted by Crippen LogP contribution is 2.41. The summed E-state index contributed by atoms with van der Waals surface area (Å²) in [6.45, 7) is -3.15. The Hall–Kier alpha value is -2.98. The summed E-state index contributed by atoms with van der Waals surface area (Å²) in [7, 11) is 1.30. The molecule has 3 aromatic rings. The molecule has 0 bridgehead atoms. The Morgan fingerprint density at radius 3 is 2.45 bits per heavy atom. The van der Waals surface area contributed by atoms with Crippen molar-refractivity contribution in [3.8, 4) is 28.6 Å². The Balaban J connectivity index is 1.99. The van der Waals surface area contributed by atoms with Gasteiger partial charge in [0.25, 0.3) is 5.69 Å². The molecule has 2 aromatic carbocycles. The number of halogens is 5. The van der Waals surface area contributed by atoms with Crippen LogP contribution in [0, 0.1) is 15.9 Å². The van der Waals surface area contributed by atoms with Gasteiger partial charge in [-0.2, -0.15) is 13.9 Å². The lowest BCUT2D eigenvalue weighted by Crippen LogP contribution is -2.06. The largest absolute Gasteiger partial charge is 0.456 e. The number of non-ortho nitro benzene ring substituents is 1. The maximum Gasteiger partial charge on any atom is 0.388 e. The second-order valence-electron chi connectivity index (χ2n) is 5.59. The van der Waals surface area contributed by atoms with Gasteiger partial charge in [-0.3, -0.25) is 10.1 Å². The summed E-state index contributed by atoms with van der Waals surface area (Å²) >= 11 is 12.0. The number of aryl methyl sites for hydroxylation is 1. The van der Waals surface area contributed by atoms with E-state index in [-0.39, 0.29) is 38.5 Å². The van der Waals surface area contributed by atoms with Gasteiger partial charge in [0.15, 0.2) is 0 Å². The van der Waals surface area contributed by atoms with E-state index in [2.05, 4.69) is 9.84 Å². The van der Waals surface area contributed by atoms with E-state index in [1.807, 2.05) is 0 Å². The van der Waals surface area contributed by atoms with Crippen molar-refractivity contribution in [3.05, 3.63) is 62.4 Å². The van der Waals surface area contributed by atoms with Gasteiger partial charge >= 0.3 is 6.61 Å². The first-order valence-electron chi connectivity index (χ1n) is 7.76. The Morgan fingerprint density at radius 2 is 1.86 bits per heavy atom. The van der Waals surface area contributed by atoms with E-state index < -0.39 is 23.2 Å². The first-order valence-corrected chi connectivity index (χ1v) is 8.52. The van der Waals surface area contributed by atoms with Crippen molar-refractivity contribution in [2.45, 2.75) is 6.61 Å². The van der Waals surface area contributed by atoms with Crippen LogP contribution in [0.15, 0.2) is 36.4 Å². The summed E-state index contributed by atoms with van der Waals surface area (Å²) in [5.41, 5.74) is -0.473. The predicted octanol–water partition coefficient (Wildman–Crippen LogP) is 5.83. The highest BCUT2D eigenvalue weighted by Gasteiger charge is 2.23. The van der Waals surface area contributed by atoms with E-state index in [9.17, 15) is 23.3 Å². The van der Waals surface area contributed by atoms with Crippen molar-refractivity contribution >= 4 is 28.9 Å². The van der Waals surface area contributed by atoms with Crippen molar-refractivity contribution in [1.29, 1.82) is 0 Å². The number of hydrogen-bond acceptors (Lipinski definition) is 5. The van der Waals surface area contributed by atoms with Gasteiger partial charge in [-0.25, -0.2) is 9.07 Å². The second-order valence-corrected chi connectivity index (χ2v) is 6.37. The van der Waals surface area contributed by atoms with Crippen molar-refractivity contribution < 1.29 is 27.6 Å². The predicted molar refractivity (Wildman–Crippen MR) is 98.4 cm³/mol. The molecule has 3 rings (SSSR count). The quantitative estimate of drug-likeness (QED) is 0.350. The average molecular weight is 448 g/mol. The smallest absolute Gasteiger partial charge is 0.388 e.